The molecular formula is C16H25KO3S. The fourth-order valence-electron chi connectivity index (χ4n) is 2.24. The zero-order valence-electron chi connectivity index (χ0n) is 13.8. The Labute approximate surface area is 172 Å². The van der Waals surface area contributed by atoms with Crippen LogP contribution in [0, 0.1) is 11.8 Å². The Bertz CT molecular complexity index is 536. The van der Waals surface area contributed by atoms with Gasteiger partial charge in [0, 0.05) is 0 Å². The third-order valence-corrected chi connectivity index (χ3v) is 4.38. The minimum absolute atomic E-state index is 0. The standard InChI is InChI=1S/C16H26O3S.K/c1-12(2)8-10-14-6-5-7-16(20(17,18)19)15(14)11-9-13(3)4;/h5-7,12-13H,8-11H2,1-4H3,(H,17,18,19);/q;+1/p-1. The predicted molar refractivity (Wildman–Crippen MR) is 80.7 cm³/mol. The van der Waals surface area contributed by atoms with Gasteiger partial charge in [-0.05, 0) is 54.7 Å². The quantitative estimate of drug-likeness (QED) is 0.546. The van der Waals surface area contributed by atoms with Crippen LogP contribution in [-0.4, -0.2) is 13.0 Å². The Morgan fingerprint density at radius 2 is 1.52 bits per heavy atom. The van der Waals surface area contributed by atoms with Crippen molar-refractivity contribution in [3.63, 3.8) is 0 Å². The maximum absolute atomic E-state index is 11.4. The summed E-state index contributed by atoms with van der Waals surface area (Å²) in [4.78, 5) is -0.0283. The first-order valence-corrected chi connectivity index (χ1v) is 8.69. The van der Waals surface area contributed by atoms with Crippen LogP contribution in [-0.2, 0) is 23.0 Å². The molecule has 0 aliphatic carbocycles. The summed E-state index contributed by atoms with van der Waals surface area (Å²) >= 11 is 0. The molecular weight excluding hydrogens is 311 g/mol. The average molecular weight is 337 g/mol. The van der Waals surface area contributed by atoms with Crippen molar-refractivity contribution in [3.8, 4) is 0 Å². The van der Waals surface area contributed by atoms with Crippen molar-refractivity contribution in [2.24, 2.45) is 11.8 Å². The molecule has 0 saturated carbocycles. The second kappa shape index (κ2) is 9.80. The van der Waals surface area contributed by atoms with E-state index in [9.17, 15) is 13.0 Å². The zero-order valence-corrected chi connectivity index (χ0v) is 17.8. The van der Waals surface area contributed by atoms with E-state index in [1.807, 2.05) is 6.07 Å². The van der Waals surface area contributed by atoms with Crippen LogP contribution in [0.2, 0.25) is 0 Å². The molecule has 114 valence electrons. The fraction of sp³-hybridized carbons (Fsp3) is 0.625. The maximum Gasteiger partial charge on any atom is 1.00 e. The summed E-state index contributed by atoms with van der Waals surface area (Å²) in [6.07, 6.45) is 3.37. The van der Waals surface area contributed by atoms with Crippen molar-refractivity contribution in [1.82, 2.24) is 0 Å². The second-order valence-corrected chi connectivity index (χ2v) is 7.56. The smallest absolute Gasteiger partial charge is 0.744 e. The minimum Gasteiger partial charge on any atom is -0.744 e. The van der Waals surface area contributed by atoms with Crippen molar-refractivity contribution in [3.05, 3.63) is 29.3 Å². The number of benzene rings is 1. The summed E-state index contributed by atoms with van der Waals surface area (Å²) in [7, 11) is -4.39. The van der Waals surface area contributed by atoms with Crippen LogP contribution in [0.15, 0.2) is 23.1 Å². The van der Waals surface area contributed by atoms with Crippen LogP contribution in [0.4, 0.5) is 0 Å². The van der Waals surface area contributed by atoms with Crippen molar-refractivity contribution < 1.29 is 64.4 Å². The average Bonchev–Trinajstić information content (AvgIpc) is 2.32. The Kier molecular flexibility index (Phi) is 10.2. The van der Waals surface area contributed by atoms with E-state index < -0.39 is 10.1 Å². The fourth-order valence-corrected chi connectivity index (χ4v) is 3.02. The molecule has 1 aromatic rings. The molecule has 3 nitrogen and oxygen atoms in total. The van der Waals surface area contributed by atoms with Crippen LogP contribution >= 0.6 is 0 Å². The number of hydrogen-bond donors (Lipinski definition) is 0. The summed E-state index contributed by atoms with van der Waals surface area (Å²) in [5.74, 6) is 1.04. The Morgan fingerprint density at radius 1 is 1.00 bits per heavy atom. The van der Waals surface area contributed by atoms with Gasteiger partial charge in [0.2, 0.25) is 0 Å². The van der Waals surface area contributed by atoms with Crippen molar-refractivity contribution in [2.45, 2.75) is 58.3 Å². The summed E-state index contributed by atoms with van der Waals surface area (Å²) in [5.41, 5.74) is 1.74. The van der Waals surface area contributed by atoms with Gasteiger partial charge in [0.05, 0.1) is 4.90 Å². The third kappa shape index (κ3) is 7.73. The third-order valence-electron chi connectivity index (χ3n) is 3.46. The number of aryl methyl sites for hydroxylation is 1. The first-order valence-electron chi connectivity index (χ1n) is 7.28. The Morgan fingerprint density at radius 3 is 2.00 bits per heavy atom. The van der Waals surface area contributed by atoms with Crippen LogP contribution in [0.25, 0.3) is 0 Å². The summed E-state index contributed by atoms with van der Waals surface area (Å²) in [6.45, 7) is 8.48. The summed E-state index contributed by atoms with van der Waals surface area (Å²) in [5, 5.41) is 0. The van der Waals surface area contributed by atoms with Gasteiger partial charge in [-0.15, -0.1) is 0 Å². The number of rotatable bonds is 7. The molecule has 0 atom stereocenters. The molecule has 0 aliphatic rings. The summed E-state index contributed by atoms with van der Waals surface area (Å²) < 4.78 is 34.3. The SMILES string of the molecule is CC(C)CCc1cccc(S(=O)(=O)[O-])c1CCC(C)C.[K+]. The molecule has 21 heavy (non-hydrogen) atoms. The molecule has 0 fully saturated rings. The minimum atomic E-state index is -4.39. The molecule has 5 heteroatoms. The largest absolute Gasteiger partial charge is 1.00 e. The molecule has 0 heterocycles. The van der Waals surface area contributed by atoms with E-state index in [1.165, 1.54) is 6.07 Å². The zero-order chi connectivity index (χ0) is 15.3. The van der Waals surface area contributed by atoms with Crippen LogP contribution in [0.1, 0.15) is 51.7 Å². The van der Waals surface area contributed by atoms with Gasteiger partial charge < -0.3 is 4.55 Å². The van der Waals surface area contributed by atoms with E-state index in [0.717, 1.165) is 30.4 Å². The van der Waals surface area contributed by atoms with Gasteiger partial charge in [-0.3, -0.25) is 0 Å². The summed E-state index contributed by atoms with van der Waals surface area (Å²) in [6, 6.07) is 5.07. The second-order valence-electron chi connectivity index (χ2n) is 6.21. The van der Waals surface area contributed by atoms with Gasteiger partial charge in [0.25, 0.3) is 0 Å². The van der Waals surface area contributed by atoms with E-state index in [2.05, 4.69) is 27.7 Å². The van der Waals surface area contributed by atoms with Crippen LogP contribution in [0.3, 0.4) is 0 Å². The van der Waals surface area contributed by atoms with Crippen molar-refractivity contribution in [1.29, 1.82) is 0 Å². The maximum atomic E-state index is 11.4. The molecule has 1 aromatic carbocycles. The number of hydrogen-bond acceptors (Lipinski definition) is 3. The van der Waals surface area contributed by atoms with Gasteiger partial charge >= 0.3 is 51.4 Å². The molecule has 0 amide bonds. The molecule has 0 saturated heterocycles. The molecule has 0 bridgehead atoms. The van der Waals surface area contributed by atoms with Gasteiger partial charge in [-0.25, -0.2) is 8.42 Å². The van der Waals surface area contributed by atoms with Crippen LogP contribution in [0.5, 0.6) is 0 Å². The van der Waals surface area contributed by atoms with E-state index in [1.54, 1.807) is 6.07 Å². The molecule has 1 rings (SSSR count). The Hall–Kier alpha value is 0.766. The van der Waals surface area contributed by atoms with Crippen molar-refractivity contribution in [2.75, 3.05) is 0 Å². The molecule has 0 aliphatic heterocycles. The first kappa shape index (κ1) is 21.8. The molecule has 0 spiro atoms. The topological polar surface area (TPSA) is 57.2 Å². The van der Waals surface area contributed by atoms with Crippen LogP contribution < -0.4 is 51.4 Å². The van der Waals surface area contributed by atoms with Gasteiger partial charge in [-0.1, -0.05) is 39.8 Å². The van der Waals surface area contributed by atoms with Gasteiger partial charge in [0.1, 0.15) is 10.1 Å². The van der Waals surface area contributed by atoms with E-state index in [4.69, 9.17) is 0 Å². The molecule has 0 N–H and O–H groups in total. The van der Waals surface area contributed by atoms with Gasteiger partial charge in [-0.2, -0.15) is 0 Å². The van der Waals surface area contributed by atoms with E-state index >= 15 is 0 Å². The monoisotopic (exact) mass is 336 g/mol. The van der Waals surface area contributed by atoms with E-state index in [-0.39, 0.29) is 56.3 Å². The first-order chi connectivity index (χ1) is 9.21. The predicted octanol–water partition coefficient (Wildman–Crippen LogP) is 0.772. The molecule has 0 aromatic heterocycles. The van der Waals surface area contributed by atoms with Gasteiger partial charge in [0.15, 0.2) is 0 Å². The normalized spacial score (nSPS) is 11.8. The molecule has 0 radical (unpaired) electrons. The Balaban J connectivity index is 0.00000400. The molecule has 0 unspecified atom stereocenters. The van der Waals surface area contributed by atoms with Crippen molar-refractivity contribution >= 4 is 10.1 Å². The van der Waals surface area contributed by atoms with E-state index in [0.29, 0.717) is 18.3 Å².